The Morgan fingerprint density at radius 3 is 2.83 bits per heavy atom. The van der Waals surface area contributed by atoms with Crippen molar-refractivity contribution in [2.24, 2.45) is 0 Å². The fourth-order valence-corrected chi connectivity index (χ4v) is 2.94. The Bertz CT molecular complexity index is 1170. The Kier molecular flexibility index (Phi) is 5.56. The van der Waals surface area contributed by atoms with Gasteiger partial charge in [0, 0.05) is 12.4 Å². The van der Waals surface area contributed by atoms with E-state index in [1.807, 2.05) is 37.3 Å². The lowest BCUT2D eigenvalue weighted by Crippen LogP contribution is -2.14. The van der Waals surface area contributed by atoms with Gasteiger partial charge in [-0.3, -0.25) is 9.48 Å². The Labute approximate surface area is 172 Å². The third kappa shape index (κ3) is 4.72. The van der Waals surface area contributed by atoms with Gasteiger partial charge in [0.25, 0.3) is 5.91 Å². The van der Waals surface area contributed by atoms with Gasteiger partial charge in [-0.15, -0.1) is 0 Å². The number of benzene rings is 2. The van der Waals surface area contributed by atoms with E-state index in [0.717, 1.165) is 16.9 Å². The van der Waals surface area contributed by atoms with E-state index in [4.69, 9.17) is 4.74 Å². The molecule has 0 bridgehead atoms. The number of nitrogens with zero attached hydrogens (tertiary/aromatic N) is 4. The number of para-hydroxylation sites is 1. The Morgan fingerprint density at radius 2 is 2.00 bits per heavy atom. The van der Waals surface area contributed by atoms with Crippen LogP contribution in [0, 0.1) is 12.7 Å². The number of ether oxygens (including phenoxy) is 1. The topological polar surface area (TPSA) is 74.0 Å². The second kappa shape index (κ2) is 8.60. The Hall–Kier alpha value is -3.94. The first kappa shape index (κ1) is 19.4. The van der Waals surface area contributed by atoms with E-state index in [1.54, 1.807) is 33.9 Å². The molecule has 0 unspecified atom stereocenters. The molecule has 0 fully saturated rings. The van der Waals surface area contributed by atoms with Crippen molar-refractivity contribution in [1.82, 2.24) is 19.6 Å². The monoisotopic (exact) mass is 405 g/mol. The maximum Gasteiger partial charge on any atom is 0.276 e. The predicted octanol–water partition coefficient (Wildman–Crippen LogP) is 3.86. The molecule has 2 aromatic heterocycles. The molecule has 0 saturated carbocycles. The van der Waals surface area contributed by atoms with Gasteiger partial charge >= 0.3 is 0 Å². The minimum atomic E-state index is -0.352. The third-order valence-electron chi connectivity index (χ3n) is 4.44. The highest BCUT2D eigenvalue weighted by Crippen LogP contribution is 2.16. The lowest BCUT2D eigenvalue weighted by Gasteiger charge is -2.08. The summed E-state index contributed by atoms with van der Waals surface area (Å²) in [5, 5.41) is 11.2. The van der Waals surface area contributed by atoms with Crippen molar-refractivity contribution in [3.05, 3.63) is 95.8 Å². The van der Waals surface area contributed by atoms with E-state index in [-0.39, 0.29) is 24.1 Å². The molecule has 1 N–H and O–H groups in total. The molecule has 0 aliphatic carbocycles. The van der Waals surface area contributed by atoms with Crippen LogP contribution in [-0.2, 0) is 13.3 Å². The van der Waals surface area contributed by atoms with Crippen LogP contribution in [0.5, 0.6) is 5.75 Å². The number of nitrogens with one attached hydrogen (secondary N) is 1. The fourth-order valence-electron chi connectivity index (χ4n) is 2.94. The van der Waals surface area contributed by atoms with Crippen molar-refractivity contribution in [2.75, 3.05) is 5.32 Å². The quantitative estimate of drug-likeness (QED) is 0.507. The van der Waals surface area contributed by atoms with Crippen LogP contribution in [0.15, 0.2) is 73.2 Å². The van der Waals surface area contributed by atoms with Crippen LogP contribution in [0.4, 0.5) is 10.1 Å². The van der Waals surface area contributed by atoms with Crippen molar-refractivity contribution in [3.63, 3.8) is 0 Å². The summed E-state index contributed by atoms with van der Waals surface area (Å²) in [7, 11) is 0. The first-order valence-corrected chi connectivity index (χ1v) is 9.37. The van der Waals surface area contributed by atoms with Crippen LogP contribution < -0.4 is 10.1 Å². The number of carbonyl (C=O) groups is 1. The second-order valence-electron chi connectivity index (χ2n) is 6.79. The van der Waals surface area contributed by atoms with Gasteiger partial charge < -0.3 is 10.1 Å². The summed E-state index contributed by atoms with van der Waals surface area (Å²) in [6.07, 6.45) is 4.90. The summed E-state index contributed by atoms with van der Waals surface area (Å²) in [6, 6.07) is 15.6. The molecule has 0 atom stereocenters. The minimum Gasteiger partial charge on any atom is -0.471 e. The normalized spacial score (nSPS) is 10.7. The minimum absolute atomic E-state index is 0.198. The summed E-state index contributed by atoms with van der Waals surface area (Å²) in [4.78, 5) is 12.5. The molecule has 0 aliphatic heterocycles. The lowest BCUT2D eigenvalue weighted by molar-refractivity contribution is 0.102. The van der Waals surface area contributed by atoms with Crippen molar-refractivity contribution in [2.45, 2.75) is 20.2 Å². The molecule has 0 aliphatic rings. The summed E-state index contributed by atoms with van der Waals surface area (Å²) in [5.41, 5.74) is 2.60. The van der Waals surface area contributed by atoms with E-state index in [1.165, 1.54) is 18.3 Å². The van der Waals surface area contributed by atoms with E-state index >= 15 is 0 Å². The largest absolute Gasteiger partial charge is 0.471 e. The average molecular weight is 405 g/mol. The SMILES string of the molecule is Cc1ccccc1OCn1ccc(C(=O)Nc2cnn(Cc3cccc(F)c3)c2)n1. The van der Waals surface area contributed by atoms with Crippen LogP contribution in [0.25, 0.3) is 0 Å². The molecule has 2 aromatic carbocycles. The van der Waals surface area contributed by atoms with Gasteiger partial charge in [-0.25, -0.2) is 9.07 Å². The zero-order chi connectivity index (χ0) is 20.9. The number of anilines is 1. The molecule has 0 spiro atoms. The standard InChI is InChI=1S/C22H20FN5O2/c1-16-5-2-3-8-21(16)30-15-27-10-9-20(26-27)22(29)25-19-12-24-28(14-19)13-17-6-4-7-18(23)11-17/h2-12,14H,13,15H2,1H3,(H,25,29). The molecule has 30 heavy (non-hydrogen) atoms. The molecule has 0 radical (unpaired) electrons. The molecule has 2 heterocycles. The summed E-state index contributed by atoms with van der Waals surface area (Å²) in [5.74, 6) is 0.120. The number of aromatic nitrogens is 4. The van der Waals surface area contributed by atoms with Crippen LogP contribution in [-0.4, -0.2) is 25.5 Å². The number of rotatable bonds is 7. The molecular weight excluding hydrogens is 385 g/mol. The number of halogens is 1. The van der Waals surface area contributed by atoms with E-state index < -0.39 is 0 Å². The second-order valence-corrected chi connectivity index (χ2v) is 6.79. The maximum atomic E-state index is 13.3. The van der Waals surface area contributed by atoms with E-state index in [2.05, 4.69) is 15.5 Å². The van der Waals surface area contributed by atoms with Gasteiger partial charge in [-0.05, 0) is 42.3 Å². The van der Waals surface area contributed by atoms with Crippen LogP contribution >= 0.6 is 0 Å². The Balaban J connectivity index is 1.34. The van der Waals surface area contributed by atoms with Crippen molar-refractivity contribution < 1.29 is 13.9 Å². The molecule has 4 rings (SSSR count). The highest BCUT2D eigenvalue weighted by molar-refractivity contribution is 6.02. The lowest BCUT2D eigenvalue weighted by atomic mass is 10.2. The number of hydrogen-bond acceptors (Lipinski definition) is 4. The van der Waals surface area contributed by atoms with Crippen LogP contribution in [0.3, 0.4) is 0 Å². The highest BCUT2D eigenvalue weighted by atomic mass is 19.1. The summed E-state index contributed by atoms with van der Waals surface area (Å²) in [6.45, 7) is 2.56. The maximum absolute atomic E-state index is 13.3. The van der Waals surface area contributed by atoms with Crippen molar-refractivity contribution >= 4 is 11.6 Å². The van der Waals surface area contributed by atoms with Crippen LogP contribution in [0.1, 0.15) is 21.6 Å². The molecule has 4 aromatic rings. The summed E-state index contributed by atoms with van der Waals surface area (Å²) >= 11 is 0. The zero-order valence-electron chi connectivity index (χ0n) is 16.3. The van der Waals surface area contributed by atoms with Gasteiger partial charge in [-0.1, -0.05) is 30.3 Å². The van der Waals surface area contributed by atoms with Crippen LogP contribution in [0.2, 0.25) is 0 Å². The predicted molar refractivity (Wildman–Crippen MR) is 110 cm³/mol. The van der Waals surface area contributed by atoms with Crippen molar-refractivity contribution in [1.29, 1.82) is 0 Å². The molecule has 7 nitrogen and oxygen atoms in total. The molecule has 152 valence electrons. The molecule has 0 saturated heterocycles. The molecule has 1 amide bonds. The smallest absolute Gasteiger partial charge is 0.276 e. The number of aryl methyl sites for hydroxylation is 1. The van der Waals surface area contributed by atoms with Gasteiger partial charge in [0.05, 0.1) is 18.4 Å². The molecule has 8 heteroatoms. The molecular formula is C22H20FN5O2. The van der Waals surface area contributed by atoms with Crippen molar-refractivity contribution in [3.8, 4) is 5.75 Å². The average Bonchev–Trinajstić information content (AvgIpc) is 3.37. The highest BCUT2D eigenvalue weighted by Gasteiger charge is 2.12. The first-order valence-electron chi connectivity index (χ1n) is 9.37. The third-order valence-corrected chi connectivity index (χ3v) is 4.44. The van der Waals surface area contributed by atoms with E-state index in [0.29, 0.717) is 12.2 Å². The van der Waals surface area contributed by atoms with E-state index in [9.17, 15) is 9.18 Å². The fraction of sp³-hybridized carbons (Fsp3) is 0.136. The van der Waals surface area contributed by atoms with Gasteiger partial charge in [-0.2, -0.15) is 10.2 Å². The Morgan fingerprint density at radius 1 is 1.13 bits per heavy atom. The van der Waals surface area contributed by atoms with Gasteiger partial charge in [0.1, 0.15) is 11.6 Å². The first-order chi connectivity index (χ1) is 14.6. The van der Waals surface area contributed by atoms with Gasteiger partial charge in [0.2, 0.25) is 0 Å². The zero-order valence-corrected chi connectivity index (χ0v) is 16.3. The van der Waals surface area contributed by atoms with Gasteiger partial charge in [0.15, 0.2) is 12.4 Å². The number of carbonyl (C=O) groups excluding carboxylic acids is 1. The number of hydrogen-bond donors (Lipinski definition) is 1. The number of amides is 1. The summed E-state index contributed by atoms with van der Waals surface area (Å²) < 4.78 is 22.2.